The largest absolute Gasteiger partial charge is 0.341 e. The van der Waals surface area contributed by atoms with Crippen LogP contribution in [0.3, 0.4) is 0 Å². The van der Waals surface area contributed by atoms with Gasteiger partial charge in [0.25, 0.3) is 0 Å². The summed E-state index contributed by atoms with van der Waals surface area (Å²) in [6.45, 7) is 4.05. The lowest BCUT2D eigenvalue weighted by molar-refractivity contribution is -0.119. The van der Waals surface area contributed by atoms with Crippen LogP contribution in [0.2, 0.25) is 5.02 Å². The van der Waals surface area contributed by atoms with Gasteiger partial charge >= 0.3 is 6.03 Å². The average Bonchev–Trinajstić information content (AvgIpc) is 3.13. The summed E-state index contributed by atoms with van der Waals surface area (Å²) >= 11 is 7.82. The number of carbonyl (C=O) groups is 2. The van der Waals surface area contributed by atoms with Crippen LogP contribution in [0, 0.1) is 13.8 Å². The number of rotatable bonds is 6. The number of hydrogen-bond donors (Lipinski definition) is 2. The molecule has 2 N–H and O–H groups in total. The highest BCUT2D eigenvalue weighted by Gasteiger charge is 2.19. The second kappa shape index (κ2) is 9.77. The molecular formula is C21H22ClN5O2S. The molecule has 0 aliphatic rings. The van der Waals surface area contributed by atoms with Gasteiger partial charge in [-0.05, 0) is 43.2 Å². The van der Waals surface area contributed by atoms with Gasteiger partial charge in [-0.2, -0.15) is 0 Å². The number of nitrogens with one attached hydrogen (secondary N) is 2. The molecule has 0 spiro atoms. The molecule has 30 heavy (non-hydrogen) atoms. The quantitative estimate of drug-likeness (QED) is 0.559. The number of amides is 3. The molecule has 0 saturated carbocycles. The Morgan fingerprint density at radius 1 is 1.13 bits per heavy atom. The van der Waals surface area contributed by atoms with Crippen molar-refractivity contribution in [2.75, 3.05) is 12.8 Å². The van der Waals surface area contributed by atoms with Crippen LogP contribution in [0.1, 0.15) is 17.5 Å². The molecule has 0 aliphatic heterocycles. The van der Waals surface area contributed by atoms with Gasteiger partial charge in [0.1, 0.15) is 0 Å². The summed E-state index contributed by atoms with van der Waals surface area (Å²) in [7, 11) is 1.46. The first-order valence-corrected chi connectivity index (χ1v) is 10.7. The fourth-order valence-corrected chi connectivity index (χ4v) is 3.95. The first-order chi connectivity index (χ1) is 14.4. The standard InChI is InChI=1S/C21H22ClN5O2S/c1-13-8-9-14(2)17(12-13)27-19(15-6-4-5-7-16(15)22)25-26-21(27)30-11-10-18(28)24-20(29)23-3/h4-9,12H,10-11H2,1-3H3,(H2,23,24,28,29). The van der Waals surface area contributed by atoms with Gasteiger partial charge in [0.2, 0.25) is 5.91 Å². The molecule has 1 aromatic heterocycles. The normalized spacial score (nSPS) is 10.7. The van der Waals surface area contributed by atoms with Gasteiger partial charge in [0.15, 0.2) is 11.0 Å². The summed E-state index contributed by atoms with van der Waals surface area (Å²) in [5.74, 6) is 0.714. The fourth-order valence-electron chi connectivity index (χ4n) is 2.84. The van der Waals surface area contributed by atoms with Gasteiger partial charge in [-0.3, -0.25) is 14.7 Å². The predicted molar refractivity (Wildman–Crippen MR) is 119 cm³/mol. The summed E-state index contributed by atoms with van der Waals surface area (Å²) < 4.78 is 1.96. The summed E-state index contributed by atoms with van der Waals surface area (Å²) in [6, 6.07) is 13.1. The van der Waals surface area contributed by atoms with E-state index in [-0.39, 0.29) is 12.3 Å². The Hall–Kier alpha value is -2.84. The maximum absolute atomic E-state index is 11.9. The number of thioether (sulfide) groups is 1. The van der Waals surface area contributed by atoms with Gasteiger partial charge in [-0.25, -0.2) is 4.79 Å². The molecule has 9 heteroatoms. The lowest BCUT2D eigenvalue weighted by Crippen LogP contribution is -2.37. The van der Waals surface area contributed by atoms with Crippen molar-refractivity contribution in [2.24, 2.45) is 0 Å². The van der Waals surface area contributed by atoms with Crippen LogP contribution in [0.15, 0.2) is 47.6 Å². The Labute approximate surface area is 184 Å². The molecule has 0 bridgehead atoms. The highest BCUT2D eigenvalue weighted by Crippen LogP contribution is 2.33. The zero-order valence-corrected chi connectivity index (χ0v) is 18.5. The van der Waals surface area contributed by atoms with E-state index in [9.17, 15) is 9.59 Å². The van der Waals surface area contributed by atoms with Crippen molar-refractivity contribution >= 4 is 35.3 Å². The Morgan fingerprint density at radius 3 is 2.63 bits per heavy atom. The van der Waals surface area contributed by atoms with E-state index in [0.717, 1.165) is 22.4 Å². The second-order valence-corrected chi connectivity index (χ2v) is 8.11. The van der Waals surface area contributed by atoms with E-state index in [4.69, 9.17) is 11.6 Å². The third-order valence-corrected chi connectivity index (χ3v) is 5.65. The average molecular weight is 444 g/mol. The Bertz CT molecular complexity index is 1080. The number of benzene rings is 2. The van der Waals surface area contributed by atoms with Crippen molar-refractivity contribution in [1.82, 2.24) is 25.4 Å². The molecular weight excluding hydrogens is 422 g/mol. The van der Waals surface area contributed by atoms with Crippen molar-refractivity contribution in [1.29, 1.82) is 0 Å². The Morgan fingerprint density at radius 2 is 1.90 bits per heavy atom. The van der Waals surface area contributed by atoms with Crippen LogP contribution in [0.4, 0.5) is 4.79 Å². The summed E-state index contributed by atoms with van der Waals surface area (Å²) in [6.07, 6.45) is 0.166. The smallest absolute Gasteiger partial charge is 0.321 e. The molecule has 7 nitrogen and oxygen atoms in total. The van der Waals surface area contributed by atoms with Crippen LogP contribution in [0.5, 0.6) is 0 Å². The molecule has 0 saturated heterocycles. The summed E-state index contributed by atoms with van der Waals surface area (Å²) in [5, 5.41) is 14.6. The molecule has 2 aromatic carbocycles. The minimum absolute atomic E-state index is 0.166. The molecule has 3 aromatic rings. The van der Waals surface area contributed by atoms with Gasteiger partial charge in [-0.15, -0.1) is 10.2 Å². The first-order valence-electron chi connectivity index (χ1n) is 9.33. The van der Waals surface area contributed by atoms with E-state index in [2.05, 4.69) is 26.9 Å². The lowest BCUT2D eigenvalue weighted by Gasteiger charge is -2.14. The summed E-state index contributed by atoms with van der Waals surface area (Å²) in [5.41, 5.74) is 3.90. The lowest BCUT2D eigenvalue weighted by atomic mass is 10.1. The number of hydrogen-bond acceptors (Lipinski definition) is 5. The third kappa shape index (κ3) is 5.01. The van der Waals surface area contributed by atoms with Gasteiger partial charge < -0.3 is 5.32 Å². The van der Waals surface area contributed by atoms with Crippen LogP contribution >= 0.6 is 23.4 Å². The zero-order valence-electron chi connectivity index (χ0n) is 16.9. The van der Waals surface area contributed by atoms with Crippen molar-refractivity contribution < 1.29 is 9.59 Å². The fraction of sp³-hybridized carbons (Fsp3) is 0.238. The van der Waals surface area contributed by atoms with Crippen LogP contribution in [-0.2, 0) is 4.79 Å². The summed E-state index contributed by atoms with van der Waals surface area (Å²) in [4.78, 5) is 23.1. The molecule has 3 amide bonds. The minimum Gasteiger partial charge on any atom is -0.341 e. The Balaban J connectivity index is 1.94. The van der Waals surface area contributed by atoms with E-state index in [0.29, 0.717) is 21.8 Å². The minimum atomic E-state index is -0.524. The molecule has 0 unspecified atom stereocenters. The molecule has 0 atom stereocenters. The number of nitrogens with zero attached hydrogens (tertiary/aromatic N) is 3. The molecule has 156 valence electrons. The number of imide groups is 1. The second-order valence-electron chi connectivity index (χ2n) is 6.64. The SMILES string of the molecule is CNC(=O)NC(=O)CCSc1nnc(-c2ccccc2Cl)n1-c1cc(C)ccc1C. The zero-order chi connectivity index (χ0) is 21.7. The van der Waals surface area contributed by atoms with Crippen LogP contribution in [-0.4, -0.2) is 39.5 Å². The molecule has 0 radical (unpaired) electrons. The first kappa shape index (κ1) is 21.9. The Kier molecular flexibility index (Phi) is 7.12. The van der Waals surface area contributed by atoms with Gasteiger partial charge in [0, 0.05) is 24.8 Å². The number of halogens is 1. The van der Waals surface area contributed by atoms with Gasteiger partial charge in [-0.1, -0.05) is 47.6 Å². The molecule has 0 fully saturated rings. The predicted octanol–water partition coefficient (Wildman–Crippen LogP) is 4.14. The number of urea groups is 1. The van der Waals surface area contributed by atoms with Crippen molar-refractivity contribution in [3.8, 4) is 17.1 Å². The molecule has 0 aliphatic carbocycles. The monoisotopic (exact) mass is 443 g/mol. The number of carbonyl (C=O) groups excluding carboxylic acids is 2. The molecule has 3 rings (SSSR count). The maximum Gasteiger partial charge on any atom is 0.321 e. The van der Waals surface area contributed by atoms with Crippen LogP contribution < -0.4 is 10.6 Å². The number of aromatic nitrogens is 3. The van der Waals surface area contributed by atoms with E-state index in [1.165, 1.54) is 18.8 Å². The van der Waals surface area contributed by atoms with E-state index in [1.807, 2.05) is 54.8 Å². The maximum atomic E-state index is 11.9. The molecule has 1 heterocycles. The number of aryl methyl sites for hydroxylation is 2. The van der Waals surface area contributed by atoms with Gasteiger partial charge in [0.05, 0.1) is 10.7 Å². The topological polar surface area (TPSA) is 88.9 Å². The van der Waals surface area contributed by atoms with E-state index in [1.54, 1.807) is 0 Å². The highest BCUT2D eigenvalue weighted by atomic mass is 35.5. The highest BCUT2D eigenvalue weighted by molar-refractivity contribution is 7.99. The third-order valence-electron chi connectivity index (χ3n) is 4.39. The van der Waals surface area contributed by atoms with Crippen molar-refractivity contribution in [3.63, 3.8) is 0 Å². The van der Waals surface area contributed by atoms with E-state index >= 15 is 0 Å². The van der Waals surface area contributed by atoms with Crippen molar-refractivity contribution in [2.45, 2.75) is 25.4 Å². The van der Waals surface area contributed by atoms with Crippen LogP contribution in [0.25, 0.3) is 17.1 Å². The van der Waals surface area contributed by atoms with Crippen molar-refractivity contribution in [3.05, 3.63) is 58.6 Å². The van der Waals surface area contributed by atoms with E-state index < -0.39 is 6.03 Å².